The van der Waals surface area contributed by atoms with Gasteiger partial charge in [-0.05, 0) is 29.7 Å². The van der Waals surface area contributed by atoms with Crippen molar-refractivity contribution in [2.45, 2.75) is 20.8 Å². The summed E-state index contributed by atoms with van der Waals surface area (Å²) in [5.74, 6) is -1.61. The number of carboxylic acids is 1. The highest BCUT2D eigenvalue weighted by Gasteiger charge is 2.17. The first-order valence-electron chi connectivity index (χ1n) is 7.27. The van der Waals surface area contributed by atoms with E-state index in [1.165, 1.54) is 6.07 Å². The molecule has 0 saturated carbocycles. The fourth-order valence-electron chi connectivity index (χ4n) is 2.02. The molecule has 0 bridgehead atoms. The maximum Gasteiger partial charge on any atom is 0.338 e. The van der Waals surface area contributed by atoms with Gasteiger partial charge in [0.15, 0.2) is 0 Å². The molecule has 2 aromatic rings. The fraction of sp³-hybridized carbons (Fsp3) is 0.278. The van der Waals surface area contributed by atoms with Crippen molar-refractivity contribution in [1.82, 2.24) is 4.98 Å². The van der Waals surface area contributed by atoms with Gasteiger partial charge in [-0.15, -0.1) is 0 Å². The maximum absolute atomic E-state index is 13.2. The Kier molecular flexibility index (Phi) is 4.84. The number of carbonyl (C=O) groups is 1. The lowest BCUT2D eigenvalue weighted by molar-refractivity contribution is 0.0696. The lowest BCUT2D eigenvalue weighted by atomic mass is 9.98. The number of hydrogen-bond donors (Lipinski definition) is 1. The quantitative estimate of drug-likeness (QED) is 0.920. The largest absolute Gasteiger partial charge is 0.492 e. The van der Waals surface area contributed by atoms with Crippen molar-refractivity contribution in [3.63, 3.8) is 0 Å². The van der Waals surface area contributed by atoms with Crippen LogP contribution < -0.4 is 4.74 Å². The second-order valence-electron chi connectivity index (χ2n) is 6.53. The second kappa shape index (κ2) is 6.67. The smallest absolute Gasteiger partial charge is 0.338 e. The zero-order valence-electron chi connectivity index (χ0n) is 13.6. The number of benzene rings is 1. The van der Waals surface area contributed by atoms with Crippen molar-refractivity contribution in [3.05, 3.63) is 47.4 Å². The molecule has 0 amide bonds. The van der Waals surface area contributed by atoms with Crippen LogP contribution >= 0.6 is 0 Å². The lowest BCUT2D eigenvalue weighted by Gasteiger charge is -2.19. The van der Waals surface area contributed by atoms with E-state index in [2.05, 4.69) is 4.98 Å². The molecule has 0 radical (unpaired) electrons. The number of aromatic carboxylic acids is 1. The monoisotopic (exact) mass is 328 g/mol. The first-order valence-corrected chi connectivity index (χ1v) is 7.27. The third-order valence-electron chi connectivity index (χ3n) is 3.12. The average molecular weight is 328 g/mol. The molecule has 0 fully saturated rings. The Bertz CT molecular complexity index is 820. The molecule has 0 atom stereocenters. The minimum atomic E-state index is -1.29. The molecular formula is C18H17FN2O3. The molecule has 0 spiro atoms. The molecule has 0 aliphatic heterocycles. The van der Waals surface area contributed by atoms with Crippen molar-refractivity contribution < 1.29 is 19.0 Å². The Morgan fingerprint density at radius 1 is 1.38 bits per heavy atom. The van der Waals surface area contributed by atoms with Gasteiger partial charge in [-0.3, -0.25) is 4.98 Å². The van der Waals surface area contributed by atoms with Gasteiger partial charge in [0.1, 0.15) is 17.6 Å². The van der Waals surface area contributed by atoms with Crippen LogP contribution in [-0.4, -0.2) is 22.7 Å². The minimum absolute atomic E-state index is 0.0691. The lowest BCUT2D eigenvalue weighted by Crippen LogP contribution is -2.17. The molecule has 2 rings (SSSR count). The number of nitriles is 1. The van der Waals surface area contributed by atoms with E-state index in [4.69, 9.17) is 4.74 Å². The molecule has 0 unspecified atom stereocenters. The van der Waals surface area contributed by atoms with Gasteiger partial charge in [0.25, 0.3) is 0 Å². The number of carboxylic acid groups (broad SMARTS) is 1. The van der Waals surface area contributed by atoms with Gasteiger partial charge >= 0.3 is 5.97 Å². The van der Waals surface area contributed by atoms with Crippen LogP contribution in [0.15, 0.2) is 30.5 Å². The molecule has 124 valence electrons. The van der Waals surface area contributed by atoms with Crippen molar-refractivity contribution in [2.75, 3.05) is 6.61 Å². The molecule has 1 N–H and O–H groups in total. The maximum atomic E-state index is 13.2. The Balaban J connectivity index is 2.44. The van der Waals surface area contributed by atoms with Crippen LogP contribution in [0, 0.1) is 22.6 Å². The van der Waals surface area contributed by atoms with Crippen LogP contribution in [0.5, 0.6) is 5.75 Å². The summed E-state index contributed by atoms with van der Waals surface area (Å²) in [6.07, 6.45) is 0.942. The molecule has 0 saturated heterocycles. The number of rotatable bonds is 4. The number of halogens is 1. The topological polar surface area (TPSA) is 83.2 Å². The summed E-state index contributed by atoms with van der Waals surface area (Å²) >= 11 is 0. The third kappa shape index (κ3) is 4.07. The summed E-state index contributed by atoms with van der Waals surface area (Å²) in [5.41, 5.74) is 0.441. The van der Waals surface area contributed by atoms with E-state index < -0.39 is 11.8 Å². The highest BCUT2D eigenvalue weighted by Crippen LogP contribution is 2.29. The van der Waals surface area contributed by atoms with Gasteiger partial charge in [-0.2, -0.15) is 5.26 Å². The summed E-state index contributed by atoms with van der Waals surface area (Å²) in [4.78, 5) is 15.1. The van der Waals surface area contributed by atoms with E-state index >= 15 is 0 Å². The fourth-order valence-corrected chi connectivity index (χ4v) is 2.02. The van der Waals surface area contributed by atoms with Crippen LogP contribution in [0.1, 0.15) is 36.7 Å². The molecule has 0 aliphatic carbocycles. The highest BCUT2D eigenvalue weighted by atomic mass is 19.1. The average Bonchev–Trinajstić information content (AvgIpc) is 2.52. The molecule has 24 heavy (non-hydrogen) atoms. The van der Waals surface area contributed by atoms with Gasteiger partial charge in [-0.25, -0.2) is 9.18 Å². The predicted octanol–water partition coefficient (Wildman–Crippen LogP) is 3.88. The molecule has 0 aliphatic rings. The van der Waals surface area contributed by atoms with E-state index in [9.17, 15) is 19.6 Å². The number of nitrogens with zero attached hydrogens (tertiary/aromatic N) is 2. The van der Waals surface area contributed by atoms with Crippen LogP contribution in [-0.2, 0) is 0 Å². The van der Waals surface area contributed by atoms with E-state index in [0.29, 0.717) is 17.9 Å². The van der Waals surface area contributed by atoms with E-state index in [-0.39, 0.29) is 22.2 Å². The van der Waals surface area contributed by atoms with E-state index in [0.717, 1.165) is 12.3 Å². The Hall–Kier alpha value is -2.94. The summed E-state index contributed by atoms with van der Waals surface area (Å²) < 4.78 is 18.9. The van der Waals surface area contributed by atoms with Gasteiger partial charge in [0, 0.05) is 5.56 Å². The number of pyridine rings is 1. The van der Waals surface area contributed by atoms with E-state index in [1.807, 2.05) is 26.8 Å². The van der Waals surface area contributed by atoms with Crippen molar-refractivity contribution in [1.29, 1.82) is 5.26 Å². The number of hydrogen-bond acceptors (Lipinski definition) is 4. The summed E-state index contributed by atoms with van der Waals surface area (Å²) in [5, 5.41) is 18.5. The molecule has 1 heterocycles. The molecule has 1 aromatic carbocycles. The molecule has 5 nitrogen and oxygen atoms in total. The molecular weight excluding hydrogens is 311 g/mol. The van der Waals surface area contributed by atoms with Crippen LogP contribution in [0.3, 0.4) is 0 Å². The van der Waals surface area contributed by atoms with Gasteiger partial charge < -0.3 is 9.84 Å². The number of aromatic nitrogens is 1. The third-order valence-corrected chi connectivity index (χ3v) is 3.12. The van der Waals surface area contributed by atoms with Gasteiger partial charge in [0.05, 0.1) is 29.6 Å². The van der Waals surface area contributed by atoms with Crippen LogP contribution in [0.2, 0.25) is 0 Å². The first kappa shape index (κ1) is 17.4. The zero-order chi connectivity index (χ0) is 17.9. The second-order valence-corrected chi connectivity index (χ2v) is 6.53. The van der Waals surface area contributed by atoms with Crippen molar-refractivity contribution >= 4 is 5.97 Å². The Morgan fingerprint density at radius 2 is 2.08 bits per heavy atom. The summed E-state index contributed by atoms with van der Waals surface area (Å²) in [6.45, 7) is 6.45. The summed E-state index contributed by atoms with van der Waals surface area (Å²) in [6, 6.07) is 7.62. The summed E-state index contributed by atoms with van der Waals surface area (Å²) in [7, 11) is 0. The molecule has 6 heteroatoms. The van der Waals surface area contributed by atoms with Gasteiger partial charge in [-0.1, -0.05) is 20.8 Å². The van der Waals surface area contributed by atoms with Crippen molar-refractivity contribution in [2.24, 2.45) is 5.41 Å². The Labute approximate surface area is 139 Å². The van der Waals surface area contributed by atoms with Crippen LogP contribution in [0.4, 0.5) is 4.39 Å². The Morgan fingerprint density at radius 3 is 2.67 bits per heavy atom. The standard InChI is InChI=1S/C18H17FN2O3/c1-18(2,3)10-24-15-5-4-11(6-12(15)8-20)16-14(17(22)23)7-13(19)9-21-16/h4-7,9H,10H2,1-3H3,(H,22,23). The van der Waals surface area contributed by atoms with Crippen LogP contribution in [0.25, 0.3) is 11.3 Å². The first-order chi connectivity index (χ1) is 11.2. The van der Waals surface area contributed by atoms with E-state index in [1.54, 1.807) is 12.1 Å². The zero-order valence-corrected chi connectivity index (χ0v) is 13.6. The number of ether oxygens (including phenoxy) is 1. The van der Waals surface area contributed by atoms with Crippen molar-refractivity contribution in [3.8, 4) is 23.1 Å². The SMILES string of the molecule is CC(C)(C)COc1ccc(-c2ncc(F)cc2C(=O)O)cc1C#N. The molecule has 1 aromatic heterocycles. The highest BCUT2D eigenvalue weighted by molar-refractivity contribution is 5.94. The predicted molar refractivity (Wildman–Crippen MR) is 86.3 cm³/mol. The minimum Gasteiger partial charge on any atom is -0.492 e. The van der Waals surface area contributed by atoms with Gasteiger partial charge in [0.2, 0.25) is 0 Å². The normalized spacial score (nSPS) is 11.0.